The van der Waals surface area contributed by atoms with Crippen LogP contribution in [0.25, 0.3) is 0 Å². The Morgan fingerprint density at radius 1 is 1.07 bits per heavy atom. The molecule has 0 unspecified atom stereocenters. The third-order valence-electron chi connectivity index (χ3n) is 3.79. The fraction of sp³-hybridized carbons (Fsp3) is 0.105. The number of thiophene rings is 1. The van der Waals surface area contributed by atoms with Gasteiger partial charge < -0.3 is 5.32 Å². The molecule has 5 nitrogen and oxygen atoms in total. The summed E-state index contributed by atoms with van der Waals surface area (Å²) >= 11 is 2.59. The van der Waals surface area contributed by atoms with Crippen molar-refractivity contribution >= 4 is 44.7 Å². The molecule has 0 aliphatic rings. The fourth-order valence-corrected chi connectivity index (χ4v) is 4.90. The number of carbonyl (C=O) groups excluding carboxylic acids is 1. The quantitative estimate of drug-likeness (QED) is 0.642. The molecule has 0 saturated heterocycles. The van der Waals surface area contributed by atoms with Crippen molar-refractivity contribution in [3.8, 4) is 0 Å². The normalized spacial score (nSPS) is 11.4. The van der Waals surface area contributed by atoms with Gasteiger partial charge in [0, 0.05) is 20.9 Å². The minimum atomic E-state index is -3.79. The van der Waals surface area contributed by atoms with E-state index in [0.29, 0.717) is 5.69 Å². The summed E-state index contributed by atoms with van der Waals surface area (Å²) in [4.78, 5) is 14.5. The molecular weight excluding hydrogens is 400 g/mol. The lowest BCUT2D eigenvalue weighted by molar-refractivity contribution is 0.102. The second-order valence-corrected chi connectivity index (χ2v) is 9.86. The number of amides is 1. The van der Waals surface area contributed by atoms with Gasteiger partial charge in [-0.05, 0) is 55.8 Å². The van der Waals surface area contributed by atoms with Gasteiger partial charge in [-0.15, -0.1) is 11.3 Å². The Hall–Kier alpha value is -2.13. The summed E-state index contributed by atoms with van der Waals surface area (Å²) in [5, 5.41) is 9.30. The van der Waals surface area contributed by atoms with E-state index < -0.39 is 10.0 Å². The van der Waals surface area contributed by atoms with Crippen LogP contribution in [0.5, 0.6) is 0 Å². The average Bonchev–Trinajstić information content (AvgIpc) is 3.09. The molecule has 3 aromatic rings. The zero-order valence-electron chi connectivity index (χ0n) is 14.7. The maximum absolute atomic E-state index is 12.3. The zero-order valence-corrected chi connectivity index (χ0v) is 17.2. The highest BCUT2D eigenvalue weighted by molar-refractivity contribution is 7.99. The predicted molar refractivity (Wildman–Crippen MR) is 110 cm³/mol. The minimum Gasteiger partial charge on any atom is -0.322 e. The summed E-state index contributed by atoms with van der Waals surface area (Å²) in [6, 6.07) is 15.1. The van der Waals surface area contributed by atoms with E-state index in [4.69, 9.17) is 5.14 Å². The highest BCUT2D eigenvalue weighted by Gasteiger charge is 2.15. The lowest BCUT2D eigenvalue weighted by atomic mass is 10.2. The molecule has 3 N–H and O–H groups in total. The van der Waals surface area contributed by atoms with Crippen LogP contribution in [0.15, 0.2) is 67.9 Å². The first kappa shape index (κ1) is 19.6. The number of primary sulfonamides is 1. The van der Waals surface area contributed by atoms with Crippen LogP contribution >= 0.6 is 23.1 Å². The minimum absolute atomic E-state index is 0.0344. The molecule has 27 heavy (non-hydrogen) atoms. The van der Waals surface area contributed by atoms with Crippen molar-refractivity contribution in [3.05, 3.63) is 70.6 Å². The van der Waals surface area contributed by atoms with Gasteiger partial charge in [-0.3, -0.25) is 4.79 Å². The summed E-state index contributed by atoms with van der Waals surface area (Å²) in [6.45, 7) is 4.15. The van der Waals surface area contributed by atoms with Gasteiger partial charge >= 0.3 is 0 Å². The number of hydrogen-bond donors (Lipinski definition) is 2. The molecule has 0 radical (unpaired) electrons. The number of anilines is 1. The molecule has 8 heteroatoms. The summed E-state index contributed by atoms with van der Waals surface area (Å²) in [5.74, 6) is -0.379. The summed E-state index contributed by atoms with van der Waals surface area (Å²) < 4.78 is 22.6. The van der Waals surface area contributed by atoms with E-state index in [0.717, 1.165) is 16.2 Å². The van der Waals surface area contributed by atoms with E-state index in [1.54, 1.807) is 11.8 Å². The number of nitrogens with two attached hydrogens (primary N) is 1. The molecule has 2 aromatic carbocycles. The molecule has 0 saturated carbocycles. The lowest BCUT2D eigenvalue weighted by Gasteiger charge is -2.08. The zero-order chi connectivity index (χ0) is 19.6. The van der Waals surface area contributed by atoms with Gasteiger partial charge in [0.1, 0.15) is 4.21 Å². The van der Waals surface area contributed by atoms with Crippen molar-refractivity contribution in [1.29, 1.82) is 0 Å². The Balaban J connectivity index is 1.68. The molecule has 0 bridgehead atoms. The van der Waals surface area contributed by atoms with Gasteiger partial charge in [0.15, 0.2) is 0 Å². The first-order chi connectivity index (χ1) is 12.7. The van der Waals surface area contributed by atoms with Crippen molar-refractivity contribution in [3.63, 3.8) is 0 Å². The van der Waals surface area contributed by atoms with E-state index in [-0.39, 0.29) is 15.7 Å². The number of sulfonamides is 1. The molecule has 0 spiro atoms. The van der Waals surface area contributed by atoms with Crippen molar-refractivity contribution in [2.24, 2.45) is 5.14 Å². The standard InChI is InChI=1S/C19H18N2O3S3/c1-12-3-8-17(13(2)9-12)26-16-6-4-15(5-7-16)21-19(22)14-10-18(25-11-14)27(20,23)24/h3-11H,1-2H3,(H,21,22)(H2,20,23,24). The summed E-state index contributed by atoms with van der Waals surface area (Å²) in [6.07, 6.45) is 0. The summed E-state index contributed by atoms with van der Waals surface area (Å²) in [7, 11) is -3.79. The Bertz CT molecular complexity index is 1090. The van der Waals surface area contributed by atoms with Crippen molar-refractivity contribution in [2.75, 3.05) is 5.32 Å². The Morgan fingerprint density at radius 2 is 1.78 bits per heavy atom. The number of rotatable bonds is 5. The van der Waals surface area contributed by atoms with E-state index in [1.807, 2.05) is 24.3 Å². The molecule has 3 rings (SSSR count). The maximum Gasteiger partial charge on any atom is 0.256 e. The number of hydrogen-bond acceptors (Lipinski definition) is 5. The highest BCUT2D eigenvalue weighted by atomic mass is 32.2. The first-order valence-electron chi connectivity index (χ1n) is 8.00. The number of carbonyl (C=O) groups is 1. The van der Waals surface area contributed by atoms with Gasteiger partial charge in [-0.25, -0.2) is 13.6 Å². The Kier molecular flexibility index (Phi) is 5.71. The molecule has 140 valence electrons. The van der Waals surface area contributed by atoms with Gasteiger partial charge in [-0.2, -0.15) is 0 Å². The molecule has 1 amide bonds. The molecule has 1 aromatic heterocycles. The second kappa shape index (κ2) is 7.85. The maximum atomic E-state index is 12.3. The van der Waals surface area contributed by atoms with Crippen molar-refractivity contribution in [2.45, 2.75) is 27.8 Å². The van der Waals surface area contributed by atoms with Crippen LogP contribution in [-0.4, -0.2) is 14.3 Å². The smallest absolute Gasteiger partial charge is 0.256 e. The van der Waals surface area contributed by atoms with Crippen LogP contribution in [0.1, 0.15) is 21.5 Å². The summed E-state index contributed by atoms with van der Waals surface area (Å²) in [5.41, 5.74) is 3.35. The van der Waals surface area contributed by atoms with Crippen molar-refractivity contribution < 1.29 is 13.2 Å². The third kappa shape index (κ3) is 4.98. The Labute approximate surface area is 166 Å². The van der Waals surface area contributed by atoms with E-state index >= 15 is 0 Å². The van der Waals surface area contributed by atoms with Gasteiger partial charge in [-0.1, -0.05) is 29.5 Å². The van der Waals surface area contributed by atoms with Crippen molar-refractivity contribution in [1.82, 2.24) is 0 Å². The van der Waals surface area contributed by atoms with Crippen LogP contribution in [0, 0.1) is 13.8 Å². The molecular formula is C19H18N2O3S3. The third-order valence-corrected chi connectivity index (χ3v) is 7.36. The number of benzene rings is 2. The molecule has 0 aliphatic heterocycles. The monoisotopic (exact) mass is 418 g/mol. The fourth-order valence-electron chi connectivity index (χ4n) is 2.44. The Morgan fingerprint density at radius 3 is 2.37 bits per heavy atom. The molecule has 0 atom stereocenters. The second-order valence-electron chi connectivity index (χ2n) is 6.05. The molecule has 1 heterocycles. The van der Waals surface area contributed by atoms with Gasteiger partial charge in [0.05, 0.1) is 5.56 Å². The van der Waals surface area contributed by atoms with Crippen LogP contribution in [-0.2, 0) is 10.0 Å². The predicted octanol–water partition coefficient (Wildman–Crippen LogP) is 4.42. The lowest BCUT2D eigenvalue weighted by Crippen LogP contribution is -2.12. The topological polar surface area (TPSA) is 89.3 Å². The highest BCUT2D eigenvalue weighted by Crippen LogP contribution is 2.31. The molecule has 0 aliphatic carbocycles. The van der Waals surface area contributed by atoms with Gasteiger partial charge in [0.2, 0.25) is 10.0 Å². The van der Waals surface area contributed by atoms with E-state index in [2.05, 4.69) is 37.4 Å². The van der Waals surface area contributed by atoms with Crippen LogP contribution < -0.4 is 10.5 Å². The van der Waals surface area contributed by atoms with Crippen LogP contribution in [0.2, 0.25) is 0 Å². The average molecular weight is 419 g/mol. The SMILES string of the molecule is Cc1ccc(Sc2ccc(NC(=O)c3csc(S(N)(=O)=O)c3)cc2)c(C)c1. The first-order valence-corrected chi connectivity index (χ1v) is 11.2. The van der Waals surface area contributed by atoms with Crippen LogP contribution in [0.4, 0.5) is 5.69 Å². The van der Waals surface area contributed by atoms with Crippen LogP contribution in [0.3, 0.4) is 0 Å². The van der Waals surface area contributed by atoms with Gasteiger partial charge in [0.25, 0.3) is 5.91 Å². The largest absolute Gasteiger partial charge is 0.322 e. The number of aryl methyl sites for hydroxylation is 2. The van der Waals surface area contributed by atoms with E-state index in [1.165, 1.54) is 27.5 Å². The number of nitrogens with one attached hydrogen (secondary N) is 1. The van der Waals surface area contributed by atoms with E-state index in [9.17, 15) is 13.2 Å². The molecule has 0 fully saturated rings.